The van der Waals surface area contributed by atoms with Gasteiger partial charge in [-0.15, -0.1) is 0 Å². The average Bonchev–Trinajstić information content (AvgIpc) is 2.95. The van der Waals surface area contributed by atoms with Crippen molar-refractivity contribution in [2.45, 2.75) is 45.6 Å². The molecule has 0 saturated heterocycles. The van der Waals surface area contributed by atoms with Crippen LogP contribution in [0, 0.1) is 25.6 Å². The van der Waals surface area contributed by atoms with Crippen molar-refractivity contribution < 1.29 is 13.9 Å². The highest BCUT2D eigenvalue weighted by atomic mass is 19.1. The van der Waals surface area contributed by atoms with E-state index in [1.54, 1.807) is 6.20 Å². The van der Waals surface area contributed by atoms with Gasteiger partial charge in [0.1, 0.15) is 17.7 Å². The second-order valence-electron chi connectivity index (χ2n) is 7.20. The minimum atomic E-state index is -0.316. The number of amides is 1. The van der Waals surface area contributed by atoms with E-state index in [1.807, 2.05) is 13.8 Å². The quantitative estimate of drug-likeness (QED) is 0.915. The lowest BCUT2D eigenvalue weighted by Crippen LogP contribution is -2.40. The topological polar surface area (TPSA) is 64.1 Å². The Hall–Kier alpha value is -2.50. The molecule has 1 aromatic carbocycles. The number of carbonyl (C=O) groups excluding carboxylic acids is 1. The monoisotopic (exact) mass is 355 g/mol. The number of rotatable bonds is 4. The maximum atomic E-state index is 14.2. The Kier molecular flexibility index (Phi) is 4.34. The molecule has 1 fully saturated rings. The van der Waals surface area contributed by atoms with E-state index in [4.69, 9.17) is 4.74 Å². The summed E-state index contributed by atoms with van der Waals surface area (Å²) < 4.78 is 20.2. The number of hydrogen-bond acceptors (Lipinski definition) is 4. The number of nitrogens with one attached hydrogen (secondary N) is 1. The third-order valence-corrected chi connectivity index (χ3v) is 5.17. The first kappa shape index (κ1) is 16.9. The maximum absolute atomic E-state index is 14.2. The molecule has 1 amide bonds. The number of nitrogens with zero attached hydrogens (tertiary/aromatic N) is 2. The van der Waals surface area contributed by atoms with Gasteiger partial charge in [-0.1, -0.05) is 6.42 Å². The Balaban J connectivity index is 1.56. The SMILES string of the molecule is Cc1cnc(C)c(-c2cc(F)cc3c2OC(CNC(=O)C2CCC2)C3)n1. The van der Waals surface area contributed by atoms with Crippen LogP contribution in [0.1, 0.15) is 36.2 Å². The summed E-state index contributed by atoms with van der Waals surface area (Å²) in [5, 5.41) is 2.97. The van der Waals surface area contributed by atoms with Crippen LogP contribution in [0.3, 0.4) is 0 Å². The first-order valence-electron chi connectivity index (χ1n) is 9.08. The number of hydrogen-bond donors (Lipinski definition) is 1. The number of carbonyl (C=O) groups is 1. The number of halogens is 1. The fourth-order valence-electron chi connectivity index (χ4n) is 3.51. The van der Waals surface area contributed by atoms with Gasteiger partial charge in [0.05, 0.1) is 23.6 Å². The first-order valence-corrected chi connectivity index (χ1v) is 9.08. The summed E-state index contributed by atoms with van der Waals surface area (Å²) in [6.07, 6.45) is 5.15. The van der Waals surface area contributed by atoms with Gasteiger partial charge in [-0.2, -0.15) is 0 Å². The van der Waals surface area contributed by atoms with Gasteiger partial charge in [0.15, 0.2) is 0 Å². The van der Waals surface area contributed by atoms with Crippen LogP contribution in [-0.2, 0) is 11.2 Å². The Bertz CT molecular complexity index is 864. The molecular weight excluding hydrogens is 333 g/mol. The summed E-state index contributed by atoms with van der Waals surface area (Å²) in [6, 6.07) is 2.95. The second-order valence-corrected chi connectivity index (χ2v) is 7.20. The Labute approximate surface area is 152 Å². The predicted octanol–water partition coefficient (Wildman–Crippen LogP) is 3.12. The summed E-state index contributed by atoms with van der Waals surface area (Å²) in [6.45, 7) is 4.14. The van der Waals surface area contributed by atoms with Gasteiger partial charge < -0.3 is 10.1 Å². The highest BCUT2D eigenvalue weighted by Gasteiger charge is 2.30. The standard InChI is InChI=1S/C20H22FN3O2/c1-11-9-22-12(2)18(24-11)17-8-15(21)6-14-7-16(26-19(14)17)10-23-20(25)13-4-3-5-13/h6,8-9,13,16H,3-5,7,10H2,1-2H3,(H,23,25). The molecule has 2 heterocycles. The molecule has 1 aromatic heterocycles. The van der Waals surface area contributed by atoms with Crippen molar-refractivity contribution in [1.29, 1.82) is 0 Å². The van der Waals surface area contributed by atoms with E-state index in [1.165, 1.54) is 12.1 Å². The fourth-order valence-corrected chi connectivity index (χ4v) is 3.51. The van der Waals surface area contributed by atoms with E-state index in [0.717, 1.165) is 36.2 Å². The van der Waals surface area contributed by atoms with Crippen molar-refractivity contribution in [2.24, 2.45) is 5.92 Å². The fraction of sp³-hybridized carbons (Fsp3) is 0.450. The van der Waals surface area contributed by atoms with E-state index in [0.29, 0.717) is 30.0 Å². The molecule has 26 heavy (non-hydrogen) atoms. The van der Waals surface area contributed by atoms with Crippen LogP contribution in [0.2, 0.25) is 0 Å². The summed E-state index contributed by atoms with van der Waals surface area (Å²) >= 11 is 0. The lowest BCUT2D eigenvalue weighted by Gasteiger charge is -2.24. The van der Waals surface area contributed by atoms with E-state index in [9.17, 15) is 9.18 Å². The average molecular weight is 355 g/mol. The zero-order chi connectivity index (χ0) is 18.3. The molecule has 1 N–H and O–H groups in total. The van der Waals surface area contributed by atoms with Gasteiger partial charge in [0.25, 0.3) is 0 Å². The summed E-state index contributed by atoms with van der Waals surface area (Å²) in [7, 11) is 0. The van der Waals surface area contributed by atoms with Crippen molar-refractivity contribution in [3.05, 3.63) is 41.1 Å². The summed E-state index contributed by atoms with van der Waals surface area (Å²) in [5.41, 5.74) is 3.58. The van der Waals surface area contributed by atoms with Gasteiger partial charge in [-0.05, 0) is 38.8 Å². The minimum Gasteiger partial charge on any atom is -0.487 e. The molecule has 4 rings (SSSR count). The van der Waals surface area contributed by atoms with E-state index in [2.05, 4.69) is 15.3 Å². The normalized spacial score (nSPS) is 18.8. The van der Waals surface area contributed by atoms with Crippen molar-refractivity contribution in [3.63, 3.8) is 0 Å². The Morgan fingerprint density at radius 1 is 1.35 bits per heavy atom. The van der Waals surface area contributed by atoms with Crippen LogP contribution in [0.4, 0.5) is 4.39 Å². The van der Waals surface area contributed by atoms with Gasteiger partial charge in [-0.3, -0.25) is 9.78 Å². The van der Waals surface area contributed by atoms with Crippen molar-refractivity contribution in [3.8, 4) is 17.0 Å². The molecule has 2 aliphatic rings. The van der Waals surface area contributed by atoms with Gasteiger partial charge in [0, 0.05) is 29.7 Å². The number of fused-ring (bicyclic) bond motifs is 1. The zero-order valence-corrected chi connectivity index (χ0v) is 15.0. The van der Waals surface area contributed by atoms with Crippen LogP contribution < -0.4 is 10.1 Å². The lowest BCUT2D eigenvalue weighted by atomic mass is 9.85. The summed E-state index contributed by atoms with van der Waals surface area (Å²) in [4.78, 5) is 20.9. The molecule has 2 aromatic rings. The van der Waals surface area contributed by atoms with Crippen LogP contribution in [0.5, 0.6) is 5.75 Å². The Morgan fingerprint density at radius 3 is 2.88 bits per heavy atom. The predicted molar refractivity (Wildman–Crippen MR) is 95.4 cm³/mol. The number of benzene rings is 1. The highest BCUT2D eigenvalue weighted by molar-refractivity contribution is 5.79. The smallest absolute Gasteiger partial charge is 0.223 e. The molecule has 0 spiro atoms. The molecule has 0 radical (unpaired) electrons. The van der Waals surface area contributed by atoms with Crippen LogP contribution in [0.15, 0.2) is 18.3 Å². The number of aryl methyl sites for hydroxylation is 2. The van der Waals surface area contributed by atoms with Gasteiger partial charge in [0.2, 0.25) is 5.91 Å². The van der Waals surface area contributed by atoms with Gasteiger partial charge in [-0.25, -0.2) is 9.37 Å². The first-order chi connectivity index (χ1) is 12.5. The second kappa shape index (κ2) is 6.67. The molecule has 136 valence electrons. The van der Waals surface area contributed by atoms with Crippen LogP contribution in [0.25, 0.3) is 11.3 Å². The van der Waals surface area contributed by atoms with E-state index < -0.39 is 0 Å². The van der Waals surface area contributed by atoms with E-state index in [-0.39, 0.29) is 23.7 Å². The molecular formula is C20H22FN3O2. The molecule has 1 unspecified atom stereocenters. The zero-order valence-electron chi connectivity index (χ0n) is 15.0. The van der Waals surface area contributed by atoms with Crippen LogP contribution >= 0.6 is 0 Å². The van der Waals surface area contributed by atoms with E-state index >= 15 is 0 Å². The highest BCUT2D eigenvalue weighted by Crippen LogP contribution is 2.39. The molecule has 1 aliphatic heterocycles. The van der Waals surface area contributed by atoms with Gasteiger partial charge >= 0.3 is 0 Å². The molecule has 5 nitrogen and oxygen atoms in total. The summed E-state index contributed by atoms with van der Waals surface area (Å²) in [5.74, 6) is 0.584. The van der Waals surface area contributed by atoms with Crippen molar-refractivity contribution in [1.82, 2.24) is 15.3 Å². The minimum absolute atomic E-state index is 0.0996. The molecule has 1 aliphatic carbocycles. The van der Waals surface area contributed by atoms with Crippen LogP contribution in [-0.4, -0.2) is 28.5 Å². The third kappa shape index (κ3) is 3.16. The van der Waals surface area contributed by atoms with Crippen molar-refractivity contribution in [2.75, 3.05) is 6.54 Å². The molecule has 1 saturated carbocycles. The maximum Gasteiger partial charge on any atom is 0.223 e. The lowest BCUT2D eigenvalue weighted by molar-refractivity contribution is -0.127. The molecule has 1 atom stereocenters. The van der Waals surface area contributed by atoms with Crippen molar-refractivity contribution >= 4 is 5.91 Å². The number of aromatic nitrogens is 2. The number of ether oxygens (including phenoxy) is 1. The largest absolute Gasteiger partial charge is 0.487 e. The third-order valence-electron chi connectivity index (χ3n) is 5.17. The molecule has 0 bridgehead atoms. The molecule has 6 heteroatoms. The Morgan fingerprint density at radius 2 is 2.15 bits per heavy atom.